The fraction of sp³-hybridized carbons (Fsp3) is 0.429. The molecule has 0 bridgehead atoms. The summed E-state index contributed by atoms with van der Waals surface area (Å²) < 4.78 is 15.3. The number of aryl methyl sites for hydroxylation is 1. The summed E-state index contributed by atoms with van der Waals surface area (Å²) in [6.07, 6.45) is 6.72. The van der Waals surface area contributed by atoms with Gasteiger partial charge in [0.05, 0.1) is 12.2 Å². The summed E-state index contributed by atoms with van der Waals surface area (Å²) in [5, 5.41) is 3.39. The van der Waals surface area contributed by atoms with Crippen molar-refractivity contribution in [2.24, 2.45) is 7.05 Å². The van der Waals surface area contributed by atoms with Gasteiger partial charge < -0.3 is 9.88 Å². The predicted octanol–water partition coefficient (Wildman–Crippen LogP) is 1.10. The first kappa shape index (κ1) is 13.2. The summed E-state index contributed by atoms with van der Waals surface area (Å²) in [4.78, 5) is 10.7. The first-order valence-electron chi connectivity index (χ1n) is 6.75. The van der Waals surface area contributed by atoms with Crippen LogP contribution >= 0.6 is 0 Å². The van der Waals surface area contributed by atoms with Crippen molar-refractivity contribution < 1.29 is 4.39 Å². The van der Waals surface area contributed by atoms with Crippen LogP contribution in [0.15, 0.2) is 30.9 Å². The summed E-state index contributed by atoms with van der Waals surface area (Å²) in [7, 11) is 2.00. The summed E-state index contributed by atoms with van der Waals surface area (Å²) in [5.74, 6) is 0.743. The largest absolute Gasteiger partial charge is 0.337 e. The smallest absolute Gasteiger partial charge is 0.141 e. The lowest BCUT2D eigenvalue weighted by Crippen LogP contribution is -2.46. The van der Waals surface area contributed by atoms with Crippen molar-refractivity contribution >= 4 is 0 Å². The van der Waals surface area contributed by atoms with E-state index >= 15 is 0 Å². The van der Waals surface area contributed by atoms with Crippen molar-refractivity contribution in [3.8, 4) is 0 Å². The number of nitrogens with zero attached hydrogens (tertiary/aromatic N) is 4. The highest BCUT2D eigenvalue weighted by Gasteiger charge is 2.26. The monoisotopic (exact) mass is 275 g/mol. The lowest BCUT2D eigenvalue weighted by atomic mass is 10.1. The molecule has 106 valence electrons. The quantitative estimate of drug-likeness (QED) is 0.911. The second-order valence-electron chi connectivity index (χ2n) is 5.10. The Morgan fingerprint density at radius 1 is 1.45 bits per heavy atom. The molecule has 0 spiro atoms. The molecule has 1 aliphatic heterocycles. The molecular weight excluding hydrogens is 257 g/mol. The molecule has 6 heteroatoms. The minimum atomic E-state index is -0.286. The maximum atomic E-state index is 13.2. The van der Waals surface area contributed by atoms with Gasteiger partial charge in [0.1, 0.15) is 11.6 Å². The van der Waals surface area contributed by atoms with Gasteiger partial charge in [-0.3, -0.25) is 9.88 Å². The highest BCUT2D eigenvalue weighted by atomic mass is 19.1. The molecule has 2 aromatic rings. The third kappa shape index (κ3) is 2.71. The molecule has 1 saturated heterocycles. The Bertz CT molecular complexity index is 582. The Morgan fingerprint density at radius 3 is 3.10 bits per heavy atom. The van der Waals surface area contributed by atoms with Crippen molar-refractivity contribution in [1.29, 1.82) is 0 Å². The maximum absolute atomic E-state index is 13.2. The van der Waals surface area contributed by atoms with Gasteiger partial charge in [-0.25, -0.2) is 9.37 Å². The van der Waals surface area contributed by atoms with Crippen LogP contribution in [0, 0.1) is 5.82 Å². The van der Waals surface area contributed by atoms with Gasteiger partial charge in [-0.2, -0.15) is 0 Å². The molecule has 1 atom stereocenters. The van der Waals surface area contributed by atoms with Gasteiger partial charge in [-0.15, -0.1) is 0 Å². The molecule has 0 amide bonds. The number of halogens is 1. The number of nitrogens with one attached hydrogen (secondary N) is 1. The minimum absolute atomic E-state index is 0.201. The van der Waals surface area contributed by atoms with Crippen LogP contribution in [-0.4, -0.2) is 39.1 Å². The molecule has 0 saturated carbocycles. The van der Waals surface area contributed by atoms with E-state index in [-0.39, 0.29) is 11.9 Å². The molecule has 0 aliphatic carbocycles. The van der Waals surface area contributed by atoms with E-state index in [0.717, 1.165) is 31.0 Å². The van der Waals surface area contributed by atoms with Gasteiger partial charge in [-0.05, 0) is 11.6 Å². The Morgan fingerprint density at radius 2 is 2.35 bits per heavy atom. The number of piperazine rings is 1. The van der Waals surface area contributed by atoms with Crippen LogP contribution in [-0.2, 0) is 13.6 Å². The fourth-order valence-corrected chi connectivity index (χ4v) is 2.67. The molecule has 3 rings (SSSR count). The second-order valence-corrected chi connectivity index (χ2v) is 5.10. The zero-order valence-electron chi connectivity index (χ0n) is 11.5. The molecule has 5 nitrogen and oxygen atoms in total. The molecule has 1 unspecified atom stereocenters. The number of imidazole rings is 1. The highest BCUT2D eigenvalue weighted by molar-refractivity contribution is 5.11. The van der Waals surface area contributed by atoms with Crippen molar-refractivity contribution in [3.05, 3.63) is 48.1 Å². The van der Waals surface area contributed by atoms with Crippen LogP contribution in [0.5, 0.6) is 0 Å². The van der Waals surface area contributed by atoms with Crippen molar-refractivity contribution in [2.75, 3.05) is 19.6 Å². The third-order valence-electron chi connectivity index (χ3n) is 3.66. The topological polar surface area (TPSA) is 46.0 Å². The van der Waals surface area contributed by atoms with Crippen molar-refractivity contribution in [1.82, 2.24) is 24.8 Å². The zero-order chi connectivity index (χ0) is 13.9. The maximum Gasteiger partial charge on any atom is 0.141 e. The van der Waals surface area contributed by atoms with E-state index in [9.17, 15) is 4.39 Å². The van der Waals surface area contributed by atoms with Gasteiger partial charge in [0, 0.05) is 51.8 Å². The molecule has 0 aromatic carbocycles. The van der Waals surface area contributed by atoms with Gasteiger partial charge in [0.15, 0.2) is 0 Å². The van der Waals surface area contributed by atoms with Gasteiger partial charge in [0.25, 0.3) is 0 Å². The lowest BCUT2D eigenvalue weighted by molar-refractivity contribution is 0.144. The zero-order valence-corrected chi connectivity index (χ0v) is 11.5. The number of aromatic nitrogens is 3. The summed E-state index contributed by atoms with van der Waals surface area (Å²) >= 11 is 0. The molecule has 1 aliphatic rings. The summed E-state index contributed by atoms with van der Waals surface area (Å²) in [6.45, 7) is 3.38. The fourth-order valence-electron chi connectivity index (χ4n) is 2.67. The van der Waals surface area contributed by atoms with E-state index in [1.165, 1.54) is 6.20 Å². The Labute approximate surface area is 117 Å². The first-order chi connectivity index (χ1) is 9.74. The normalized spacial score (nSPS) is 20.2. The first-order valence-corrected chi connectivity index (χ1v) is 6.75. The lowest BCUT2D eigenvalue weighted by Gasteiger charge is -2.35. The molecule has 1 fully saturated rings. The van der Waals surface area contributed by atoms with Crippen LogP contribution in [0.3, 0.4) is 0 Å². The van der Waals surface area contributed by atoms with Crippen LogP contribution in [0.2, 0.25) is 0 Å². The van der Waals surface area contributed by atoms with Crippen LogP contribution in [0.25, 0.3) is 0 Å². The minimum Gasteiger partial charge on any atom is -0.337 e. The van der Waals surface area contributed by atoms with E-state index < -0.39 is 0 Å². The molecule has 1 N–H and O–H groups in total. The van der Waals surface area contributed by atoms with Gasteiger partial charge in [-0.1, -0.05) is 0 Å². The third-order valence-corrected chi connectivity index (χ3v) is 3.66. The number of hydrogen-bond acceptors (Lipinski definition) is 4. The van der Waals surface area contributed by atoms with E-state index in [1.54, 1.807) is 12.3 Å². The number of pyridine rings is 1. The summed E-state index contributed by atoms with van der Waals surface area (Å²) in [5.41, 5.74) is 0.895. The highest BCUT2D eigenvalue weighted by Crippen LogP contribution is 2.22. The molecular formula is C14H18FN5. The standard InChI is InChI=1S/C14H18FN5/c1-19-4-3-18-14(19)13-9-16-2-5-20(13)10-11-6-12(15)8-17-7-11/h3-4,6-8,13,16H,2,5,9-10H2,1H3. The molecule has 0 radical (unpaired) electrons. The predicted molar refractivity (Wildman–Crippen MR) is 73.4 cm³/mol. The van der Waals surface area contributed by atoms with Crippen LogP contribution in [0.1, 0.15) is 17.4 Å². The van der Waals surface area contributed by atoms with Crippen molar-refractivity contribution in [2.45, 2.75) is 12.6 Å². The van der Waals surface area contributed by atoms with E-state index in [1.807, 2.05) is 24.0 Å². The van der Waals surface area contributed by atoms with Gasteiger partial charge in [0.2, 0.25) is 0 Å². The number of rotatable bonds is 3. The summed E-state index contributed by atoms with van der Waals surface area (Å²) in [6, 6.07) is 1.75. The molecule has 3 heterocycles. The van der Waals surface area contributed by atoms with Crippen LogP contribution in [0.4, 0.5) is 4.39 Å². The number of hydrogen-bond donors (Lipinski definition) is 1. The molecule has 20 heavy (non-hydrogen) atoms. The van der Waals surface area contributed by atoms with Crippen LogP contribution < -0.4 is 5.32 Å². The van der Waals surface area contributed by atoms with Gasteiger partial charge >= 0.3 is 0 Å². The Hall–Kier alpha value is -1.79. The Kier molecular flexibility index (Phi) is 3.75. The molecule has 2 aromatic heterocycles. The average molecular weight is 275 g/mol. The van der Waals surface area contributed by atoms with E-state index in [4.69, 9.17) is 0 Å². The van der Waals surface area contributed by atoms with Crippen molar-refractivity contribution in [3.63, 3.8) is 0 Å². The Balaban J connectivity index is 1.81. The second kappa shape index (κ2) is 5.68. The average Bonchev–Trinajstić information content (AvgIpc) is 2.86. The SMILES string of the molecule is Cn1ccnc1C1CNCCN1Cc1cncc(F)c1. The van der Waals surface area contributed by atoms with E-state index in [0.29, 0.717) is 6.54 Å². The van der Waals surface area contributed by atoms with E-state index in [2.05, 4.69) is 20.2 Å².